The van der Waals surface area contributed by atoms with Crippen LogP contribution in [0, 0.1) is 11.8 Å². The van der Waals surface area contributed by atoms with Gasteiger partial charge in [-0.15, -0.1) is 0 Å². The molecule has 0 saturated carbocycles. The van der Waals surface area contributed by atoms with Crippen LogP contribution in [0.5, 0.6) is 0 Å². The molecule has 0 saturated heterocycles. The topological polar surface area (TPSA) is 69.0 Å². The number of hydrogen-bond acceptors (Lipinski definition) is 2. The lowest BCUT2D eigenvalue weighted by Crippen LogP contribution is -1.93. The molecule has 0 fully saturated rings. The molecule has 0 aromatic heterocycles. The molecule has 0 aliphatic heterocycles. The first-order valence-corrected chi connectivity index (χ1v) is 5.07. The molecule has 0 aliphatic rings. The third-order valence-corrected chi connectivity index (χ3v) is 2.02. The van der Waals surface area contributed by atoms with Crippen molar-refractivity contribution in [3.05, 3.63) is 45.8 Å². The second kappa shape index (κ2) is 7.36. The van der Waals surface area contributed by atoms with Crippen LogP contribution in [0.25, 0.3) is 10.4 Å². The number of aliphatic hydroxyl groups is 1. The Morgan fingerprint density at radius 2 is 2.19 bits per heavy atom. The summed E-state index contributed by atoms with van der Waals surface area (Å²) >= 11 is 0. The summed E-state index contributed by atoms with van der Waals surface area (Å²) < 4.78 is 0. The Kier molecular flexibility index (Phi) is 5.57. The minimum absolute atomic E-state index is 0.122. The Hall–Kier alpha value is -1.95. The second-order valence-corrected chi connectivity index (χ2v) is 3.14. The third kappa shape index (κ3) is 4.05. The predicted molar refractivity (Wildman–Crippen MR) is 62.7 cm³/mol. The van der Waals surface area contributed by atoms with Crippen LogP contribution < -0.4 is 0 Å². The minimum Gasteiger partial charge on any atom is -0.396 e. The molecule has 0 aliphatic carbocycles. The van der Waals surface area contributed by atoms with E-state index in [1.807, 2.05) is 24.3 Å². The summed E-state index contributed by atoms with van der Waals surface area (Å²) in [6, 6.07) is 7.72. The summed E-state index contributed by atoms with van der Waals surface area (Å²) in [4.78, 5) is 2.65. The van der Waals surface area contributed by atoms with Gasteiger partial charge < -0.3 is 5.11 Å². The average molecular weight is 215 g/mol. The zero-order valence-corrected chi connectivity index (χ0v) is 8.93. The summed E-state index contributed by atoms with van der Waals surface area (Å²) in [7, 11) is 0. The molecule has 0 atom stereocenters. The van der Waals surface area contributed by atoms with Gasteiger partial charge in [0.25, 0.3) is 0 Å². The van der Waals surface area contributed by atoms with Gasteiger partial charge in [0.05, 0.1) is 0 Å². The van der Waals surface area contributed by atoms with Crippen molar-refractivity contribution in [2.45, 2.75) is 12.8 Å². The van der Waals surface area contributed by atoms with Crippen LogP contribution in [0.3, 0.4) is 0 Å². The summed E-state index contributed by atoms with van der Waals surface area (Å²) in [5, 5.41) is 12.3. The highest BCUT2D eigenvalue weighted by atomic mass is 16.2. The molecule has 4 nitrogen and oxygen atoms in total. The van der Waals surface area contributed by atoms with Gasteiger partial charge in [-0.1, -0.05) is 35.2 Å². The summed E-state index contributed by atoms with van der Waals surface area (Å²) in [5.74, 6) is 5.95. The van der Waals surface area contributed by atoms with Gasteiger partial charge in [-0.25, -0.2) is 0 Å². The Morgan fingerprint density at radius 3 is 2.94 bits per heavy atom. The van der Waals surface area contributed by atoms with Crippen molar-refractivity contribution < 1.29 is 5.11 Å². The van der Waals surface area contributed by atoms with E-state index in [9.17, 15) is 0 Å². The third-order valence-electron chi connectivity index (χ3n) is 2.02. The fourth-order valence-corrected chi connectivity index (χ4v) is 1.29. The molecule has 82 valence electrons. The normalized spacial score (nSPS) is 8.81. The quantitative estimate of drug-likeness (QED) is 0.270. The first kappa shape index (κ1) is 12.1. The van der Waals surface area contributed by atoms with E-state index in [0.717, 1.165) is 11.1 Å². The SMILES string of the molecule is [N-]=[N+]=NCCC#Cc1ccccc1CCO. The van der Waals surface area contributed by atoms with Crippen molar-refractivity contribution in [1.82, 2.24) is 0 Å². The zero-order valence-electron chi connectivity index (χ0n) is 8.93. The molecule has 1 aromatic rings. The maximum atomic E-state index is 8.88. The highest BCUT2D eigenvalue weighted by molar-refractivity contribution is 5.41. The van der Waals surface area contributed by atoms with Crippen molar-refractivity contribution >= 4 is 0 Å². The van der Waals surface area contributed by atoms with Crippen molar-refractivity contribution in [3.8, 4) is 11.8 Å². The Bertz CT molecular complexity index is 439. The fraction of sp³-hybridized carbons (Fsp3) is 0.333. The van der Waals surface area contributed by atoms with E-state index in [4.69, 9.17) is 10.6 Å². The van der Waals surface area contributed by atoms with Gasteiger partial charge in [0, 0.05) is 30.0 Å². The van der Waals surface area contributed by atoms with Crippen LogP contribution in [0.1, 0.15) is 17.5 Å². The molecule has 4 heteroatoms. The first-order chi connectivity index (χ1) is 7.88. The summed E-state index contributed by atoms with van der Waals surface area (Å²) in [6.45, 7) is 0.517. The van der Waals surface area contributed by atoms with E-state index in [0.29, 0.717) is 19.4 Å². The molecule has 1 N–H and O–H groups in total. The zero-order chi connectivity index (χ0) is 11.6. The predicted octanol–water partition coefficient (Wildman–Crippen LogP) is 2.27. The lowest BCUT2D eigenvalue weighted by molar-refractivity contribution is 0.299. The highest BCUT2D eigenvalue weighted by Crippen LogP contribution is 2.07. The molecule has 0 heterocycles. The van der Waals surface area contributed by atoms with Crippen LogP contribution in [-0.2, 0) is 6.42 Å². The molecule has 0 amide bonds. The molecular weight excluding hydrogens is 202 g/mol. The Labute approximate surface area is 94.5 Å². The summed E-state index contributed by atoms with van der Waals surface area (Å²) in [5.41, 5.74) is 10.1. The standard InChI is InChI=1S/C12H13N3O/c13-15-14-9-4-3-7-11-5-1-2-6-12(11)8-10-16/h1-2,5-6,16H,4,8-10H2. The molecule has 0 bridgehead atoms. The number of aliphatic hydroxyl groups excluding tert-OH is 1. The monoisotopic (exact) mass is 215 g/mol. The van der Waals surface area contributed by atoms with Gasteiger partial charge in [0.1, 0.15) is 0 Å². The van der Waals surface area contributed by atoms with Crippen molar-refractivity contribution in [2.24, 2.45) is 5.11 Å². The van der Waals surface area contributed by atoms with E-state index in [1.165, 1.54) is 0 Å². The Balaban J connectivity index is 2.67. The minimum atomic E-state index is 0.122. The van der Waals surface area contributed by atoms with Crippen molar-refractivity contribution in [3.63, 3.8) is 0 Å². The maximum absolute atomic E-state index is 8.88. The average Bonchev–Trinajstić information content (AvgIpc) is 2.31. The number of hydrogen-bond donors (Lipinski definition) is 1. The Morgan fingerprint density at radius 1 is 1.38 bits per heavy atom. The van der Waals surface area contributed by atoms with Gasteiger partial charge in [-0.2, -0.15) is 0 Å². The summed E-state index contributed by atoms with van der Waals surface area (Å²) in [6.07, 6.45) is 1.17. The molecule has 0 radical (unpaired) electrons. The van der Waals surface area contributed by atoms with Crippen LogP contribution in [0.4, 0.5) is 0 Å². The number of nitrogens with zero attached hydrogens (tertiary/aromatic N) is 3. The first-order valence-electron chi connectivity index (χ1n) is 5.07. The number of benzene rings is 1. The van der Waals surface area contributed by atoms with Gasteiger partial charge in [0.15, 0.2) is 0 Å². The lowest BCUT2D eigenvalue weighted by atomic mass is 10.1. The van der Waals surface area contributed by atoms with Crippen LogP contribution >= 0.6 is 0 Å². The van der Waals surface area contributed by atoms with E-state index in [2.05, 4.69) is 21.9 Å². The van der Waals surface area contributed by atoms with Crippen LogP contribution in [0.2, 0.25) is 0 Å². The molecule has 1 rings (SSSR count). The van der Waals surface area contributed by atoms with Gasteiger partial charge in [-0.3, -0.25) is 0 Å². The lowest BCUT2D eigenvalue weighted by Gasteiger charge is -2.00. The number of rotatable bonds is 4. The molecule has 0 spiro atoms. The number of azide groups is 1. The second-order valence-electron chi connectivity index (χ2n) is 3.14. The fourth-order valence-electron chi connectivity index (χ4n) is 1.29. The van der Waals surface area contributed by atoms with Gasteiger partial charge in [-0.05, 0) is 23.6 Å². The smallest absolute Gasteiger partial charge is 0.0471 e. The van der Waals surface area contributed by atoms with Crippen LogP contribution in [0.15, 0.2) is 29.4 Å². The van der Waals surface area contributed by atoms with Gasteiger partial charge >= 0.3 is 0 Å². The molecular formula is C12H13N3O. The largest absolute Gasteiger partial charge is 0.396 e. The van der Waals surface area contributed by atoms with E-state index in [-0.39, 0.29) is 6.61 Å². The van der Waals surface area contributed by atoms with Crippen molar-refractivity contribution in [1.29, 1.82) is 0 Å². The van der Waals surface area contributed by atoms with Crippen LogP contribution in [-0.4, -0.2) is 18.3 Å². The molecule has 16 heavy (non-hydrogen) atoms. The molecule has 0 unspecified atom stereocenters. The van der Waals surface area contributed by atoms with Crippen molar-refractivity contribution in [2.75, 3.05) is 13.2 Å². The van der Waals surface area contributed by atoms with E-state index in [1.54, 1.807) is 0 Å². The van der Waals surface area contributed by atoms with E-state index < -0.39 is 0 Å². The maximum Gasteiger partial charge on any atom is 0.0471 e. The van der Waals surface area contributed by atoms with E-state index >= 15 is 0 Å². The van der Waals surface area contributed by atoms with Gasteiger partial charge in [0.2, 0.25) is 0 Å². The highest BCUT2D eigenvalue weighted by Gasteiger charge is 1.96. The molecule has 1 aromatic carbocycles.